The van der Waals surface area contributed by atoms with Crippen molar-refractivity contribution < 1.29 is 24.2 Å². The molecule has 6 nitrogen and oxygen atoms in total. The zero-order valence-electron chi connectivity index (χ0n) is 14.4. The van der Waals surface area contributed by atoms with Crippen molar-refractivity contribution in [1.82, 2.24) is 4.90 Å². The number of carboxylic acid groups (broad SMARTS) is 1. The Hall–Kier alpha value is -2.24. The molecule has 1 unspecified atom stereocenters. The Kier molecular flexibility index (Phi) is 3.85. The molecule has 2 aliphatic heterocycles. The van der Waals surface area contributed by atoms with Crippen molar-refractivity contribution in [2.45, 2.75) is 25.7 Å². The Morgan fingerprint density at radius 2 is 2.24 bits per heavy atom. The van der Waals surface area contributed by atoms with Gasteiger partial charge in [-0.05, 0) is 48.9 Å². The molecule has 3 atom stereocenters. The molecule has 1 aromatic rings. The van der Waals surface area contributed by atoms with Gasteiger partial charge in [0.05, 0.1) is 18.4 Å². The highest BCUT2D eigenvalue weighted by molar-refractivity contribution is 5.83. The molecule has 2 fully saturated rings. The molecule has 6 heteroatoms. The third-order valence-corrected chi connectivity index (χ3v) is 6.13. The summed E-state index contributed by atoms with van der Waals surface area (Å²) in [7, 11) is 1.61. The minimum Gasteiger partial charge on any atom is -0.497 e. The molecule has 134 valence electrons. The number of carboxylic acids is 1. The van der Waals surface area contributed by atoms with Gasteiger partial charge in [-0.25, -0.2) is 0 Å². The zero-order valence-corrected chi connectivity index (χ0v) is 14.4. The SMILES string of the molecule is COc1ccc2c(c1)CC(C(=O)N1C[C@@H]3CCC[C@@]3(C(=O)O)C1)CO2. The van der Waals surface area contributed by atoms with Gasteiger partial charge in [0, 0.05) is 13.1 Å². The number of methoxy groups -OCH3 is 1. The van der Waals surface area contributed by atoms with E-state index >= 15 is 0 Å². The van der Waals surface area contributed by atoms with Crippen LogP contribution >= 0.6 is 0 Å². The van der Waals surface area contributed by atoms with Crippen LogP contribution in [0, 0.1) is 17.3 Å². The number of amides is 1. The molecular formula is C19H23NO5. The maximum Gasteiger partial charge on any atom is 0.311 e. The smallest absolute Gasteiger partial charge is 0.311 e. The van der Waals surface area contributed by atoms with Gasteiger partial charge in [-0.2, -0.15) is 0 Å². The molecule has 1 amide bonds. The van der Waals surface area contributed by atoms with E-state index in [0.29, 0.717) is 32.5 Å². The van der Waals surface area contributed by atoms with Gasteiger partial charge in [-0.1, -0.05) is 6.42 Å². The molecule has 0 spiro atoms. The molecule has 25 heavy (non-hydrogen) atoms. The first-order valence-corrected chi connectivity index (χ1v) is 8.85. The average Bonchev–Trinajstić information content (AvgIpc) is 3.18. The first-order chi connectivity index (χ1) is 12.0. The van der Waals surface area contributed by atoms with Crippen LogP contribution < -0.4 is 9.47 Å². The molecular weight excluding hydrogens is 322 g/mol. The first-order valence-electron chi connectivity index (χ1n) is 8.85. The van der Waals surface area contributed by atoms with E-state index in [9.17, 15) is 14.7 Å². The van der Waals surface area contributed by atoms with Crippen LogP contribution in [0.2, 0.25) is 0 Å². The second kappa shape index (κ2) is 5.93. The van der Waals surface area contributed by atoms with Gasteiger partial charge in [0.2, 0.25) is 5.91 Å². The van der Waals surface area contributed by atoms with Crippen LogP contribution in [0.5, 0.6) is 11.5 Å². The summed E-state index contributed by atoms with van der Waals surface area (Å²) in [5, 5.41) is 9.70. The van der Waals surface area contributed by atoms with Crippen molar-refractivity contribution in [1.29, 1.82) is 0 Å². The van der Waals surface area contributed by atoms with Crippen LogP contribution in [0.15, 0.2) is 18.2 Å². The normalized spacial score (nSPS) is 30.4. The molecule has 1 aliphatic carbocycles. The molecule has 1 N–H and O–H groups in total. The van der Waals surface area contributed by atoms with Crippen LogP contribution in [0.1, 0.15) is 24.8 Å². The van der Waals surface area contributed by atoms with E-state index in [-0.39, 0.29) is 17.7 Å². The fourth-order valence-electron chi connectivity index (χ4n) is 4.72. The number of carbonyl (C=O) groups is 2. The summed E-state index contributed by atoms with van der Waals surface area (Å²) in [4.78, 5) is 26.6. The lowest BCUT2D eigenvalue weighted by molar-refractivity contribution is -0.149. The summed E-state index contributed by atoms with van der Waals surface area (Å²) in [5.74, 6) is 0.639. The molecule has 0 radical (unpaired) electrons. The quantitative estimate of drug-likeness (QED) is 0.906. The highest BCUT2D eigenvalue weighted by Gasteiger charge is 2.56. The van der Waals surface area contributed by atoms with Gasteiger partial charge in [0.15, 0.2) is 0 Å². The molecule has 2 heterocycles. The largest absolute Gasteiger partial charge is 0.497 e. The number of rotatable bonds is 3. The molecule has 0 aromatic heterocycles. The van der Waals surface area contributed by atoms with E-state index in [4.69, 9.17) is 9.47 Å². The summed E-state index contributed by atoms with van der Waals surface area (Å²) in [6, 6.07) is 5.63. The lowest BCUT2D eigenvalue weighted by Crippen LogP contribution is -2.42. The highest BCUT2D eigenvalue weighted by atomic mass is 16.5. The number of ether oxygens (including phenoxy) is 2. The third kappa shape index (κ3) is 2.55. The number of hydrogen-bond acceptors (Lipinski definition) is 4. The number of carbonyl (C=O) groups excluding carboxylic acids is 1. The minimum absolute atomic E-state index is 0.0171. The van der Waals surface area contributed by atoms with Gasteiger partial charge < -0.3 is 19.5 Å². The van der Waals surface area contributed by atoms with E-state index in [1.807, 2.05) is 18.2 Å². The van der Waals surface area contributed by atoms with Gasteiger partial charge in [-0.3, -0.25) is 9.59 Å². The van der Waals surface area contributed by atoms with E-state index < -0.39 is 11.4 Å². The van der Waals surface area contributed by atoms with Crippen molar-refractivity contribution in [2.75, 3.05) is 26.8 Å². The van der Waals surface area contributed by atoms with Crippen LogP contribution in [0.4, 0.5) is 0 Å². The van der Waals surface area contributed by atoms with Crippen molar-refractivity contribution in [3.63, 3.8) is 0 Å². The fourth-order valence-corrected chi connectivity index (χ4v) is 4.72. The minimum atomic E-state index is -0.750. The summed E-state index contributed by atoms with van der Waals surface area (Å²) < 4.78 is 11.0. The number of benzene rings is 1. The Balaban J connectivity index is 1.50. The van der Waals surface area contributed by atoms with Crippen molar-refractivity contribution >= 4 is 11.9 Å². The van der Waals surface area contributed by atoms with E-state index in [1.54, 1.807) is 12.0 Å². The van der Waals surface area contributed by atoms with Gasteiger partial charge >= 0.3 is 5.97 Å². The third-order valence-electron chi connectivity index (χ3n) is 6.13. The van der Waals surface area contributed by atoms with Gasteiger partial charge in [0.25, 0.3) is 0 Å². The lowest BCUT2D eigenvalue weighted by Gasteiger charge is -2.29. The molecule has 1 aromatic carbocycles. The maximum atomic E-state index is 13.0. The van der Waals surface area contributed by atoms with Crippen molar-refractivity contribution in [3.05, 3.63) is 23.8 Å². The molecule has 1 saturated heterocycles. The van der Waals surface area contributed by atoms with Crippen LogP contribution in [0.3, 0.4) is 0 Å². The van der Waals surface area contributed by atoms with Gasteiger partial charge in [-0.15, -0.1) is 0 Å². The van der Waals surface area contributed by atoms with Gasteiger partial charge in [0.1, 0.15) is 18.1 Å². The maximum absolute atomic E-state index is 13.0. The fraction of sp³-hybridized carbons (Fsp3) is 0.579. The number of fused-ring (bicyclic) bond motifs is 2. The van der Waals surface area contributed by atoms with E-state index in [2.05, 4.69) is 0 Å². The topological polar surface area (TPSA) is 76.1 Å². The lowest BCUT2D eigenvalue weighted by atomic mass is 9.81. The number of nitrogens with zero attached hydrogens (tertiary/aromatic N) is 1. The summed E-state index contributed by atoms with van der Waals surface area (Å²) in [5.41, 5.74) is 0.239. The first kappa shape index (κ1) is 16.2. The zero-order chi connectivity index (χ0) is 17.6. The predicted octanol–water partition coefficient (Wildman–Crippen LogP) is 1.96. The highest BCUT2D eigenvalue weighted by Crippen LogP contribution is 2.49. The molecule has 3 aliphatic rings. The number of likely N-dealkylation sites (tertiary alicyclic amines) is 1. The number of hydrogen-bond donors (Lipinski definition) is 1. The van der Waals surface area contributed by atoms with Crippen LogP contribution in [-0.4, -0.2) is 48.7 Å². The summed E-state index contributed by atoms with van der Waals surface area (Å²) in [6.07, 6.45) is 3.13. The second-order valence-corrected chi connectivity index (χ2v) is 7.45. The van der Waals surface area contributed by atoms with E-state index in [1.165, 1.54) is 0 Å². The monoisotopic (exact) mass is 345 g/mol. The summed E-state index contributed by atoms with van der Waals surface area (Å²) >= 11 is 0. The Morgan fingerprint density at radius 3 is 2.96 bits per heavy atom. The Labute approximate surface area is 146 Å². The number of aliphatic carboxylic acids is 1. The second-order valence-electron chi connectivity index (χ2n) is 7.45. The van der Waals surface area contributed by atoms with Crippen LogP contribution in [0.25, 0.3) is 0 Å². The van der Waals surface area contributed by atoms with E-state index in [0.717, 1.165) is 29.9 Å². The Bertz CT molecular complexity index is 718. The standard InChI is InChI=1S/C19H23NO5/c1-24-15-4-5-16-12(8-15)7-13(10-25-16)17(21)20-9-14-3-2-6-19(14,11-20)18(22)23/h4-5,8,13-14H,2-3,6-7,9-11H2,1H3,(H,22,23)/t13?,14-,19+/m0/s1. The summed E-state index contributed by atoms with van der Waals surface area (Å²) in [6.45, 7) is 1.25. The Morgan fingerprint density at radius 1 is 1.40 bits per heavy atom. The van der Waals surface area contributed by atoms with Crippen molar-refractivity contribution in [2.24, 2.45) is 17.3 Å². The molecule has 1 saturated carbocycles. The van der Waals surface area contributed by atoms with Crippen molar-refractivity contribution in [3.8, 4) is 11.5 Å². The molecule has 0 bridgehead atoms. The van der Waals surface area contributed by atoms with Crippen LogP contribution in [-0.2, 0) is 16.0 Å². The molecule has 4 rings (SSSR count). The predicted molar refractivity (Wildman–Crippen MR) is 89.7 cm³/mol. The average molecular weight is 345 g/mol.